The fourth-order valence-electron chi connectivity index (χ4n) is 4.96. The number of phenolic OH excluding ortho intramolecular Hbond substituents is 1. The smallest absolute Gasteiger partial charge is 0.320 e. The predicted molar refractivity (Wildman–Crippen MR) is 134 cm³/mol. The van der Waals surface area contributed by atoms with Crippen molar-refractivity contribution < 1.29 is 39.1 Å². The number of aliphatic hydroxyl groups excluding tert-OH is 2. The third kappa shape index (κ3) is 9.24. The molecular formula is C26H42N2O8. The molecule has 0 aliphatic carbocycles. The number of aliphatic hydroxyl groups is 2. The van der Waals surface area contributed by atoms with Crippen LogP contribution >= 0.6 is 0 Å². The Morgan fingerprint density at radius 3 is 2.64 bits per heavy atom. The molecule has 10 nitrogen and oxygen atoms in total. The summed E-state index contributed by atoms with van der Waals surface area (Å²) in [6.45, 7) is 3.58. The molecule has 0 radical (unpaired) electrons. The van der Waals surface area contributed by atoms with Crippen LogP contribution in [-0.4, -0.2) is 79.0 Å². The number of carbonyl (C=O) groups is 2. The number of benzene rings is 1. The molecule has 2 rings (SSSR count). The first-order valence-corrected chi connectivity index (χ1v) is 12.5. The first-order valence-electron chi connectivity index (χ1n) is 12.5. The average Bonchev–Trinajstić information content (AvgIpc) is 2.79. The third-order valence-corrected chi connectivity index (χ3v) is 6.64. The summed E-state index contributed by atoms with van der Waals surface area (Å²) in [7, 11) is 3.13. The molecule has 1 heterocycles. The van der Waals surface area contributed by atoms with Gasteiger partial charge in [-0.15, -0.1) is 0 Å². The largest absolute Gasteiger partial charge is 0.504 e. The molecule has 0 aromatic heterocycles. The van der Waals surface area contributed by atoms with Crippen molar-refractivity contribution in [3.05, 3.63) is 23.8 Å². The number of rotatable bonds is 14. The van der Waals surface area contributed by atoms with Gasteiger partial charge < -0.3 is 34.8 Å². The van der Waals surface area contributed by atoms with E-state index in [1.165, 1.54) is 14.0 Å². The highest BCUT2D eigenvalue weighted by atomic mass is 16.6. The Hall–Kier alpha value is -2.40. The molecule has 1 fully saturated rings. The van der Waals surface area contributed by atoms with Gasteiger partial charge in [0.25, 0.3) is 0 Å². The molecule has 0 saturated carbocycles. The second-order valence-corrected chi connectivity index (χ2v) is 9.73. The Morgan fingerprint density at radius 2 is 2.03 bits per heavy atom. The van der Waals surface area contributed by atoms with Crippen molar-refractivity contribution in [3.63, 3.8) is 0 Å². The molecular weight excluding hydrogens is 468 g/mol. The number of likely N-dealkylation sites (N-methyl/N-ethyl adjacent to an activating group) is 1. The fraction of sp³-hybridized carbons (Fsp3) is 0.692. The van der Waals surface area contributed by atoms with E-state index < -0.39 is 41.9 Å². The summed E-state index contributed by atoms with van der Waals surface area (Å²) in [5, 5.41) is 36.1. The number of methoxy groups -OCH3 is 1. The topological polar surface area (TPSA) is 147 Å². The molecule has 1 aliphatic heterocycles. The van der Waals surface area contributed by atoms with Gasteiger partial charge in [-0.1, -0.05) is 6.07 Å². The summed E-state index contributed by atoms with van der Waals surface area (Å²) in [6, 6.07) is 5.08. The molecule has 5 atom stereocenters. The van der Waals surface area contributed by atoms with Crippen molar-refractivity contribution in [2.45, 2.75) is 83.3 Å². The van der Waals surface area contributed by atoms with Crippen LogP contribution in [0, 0.1) is 5.41 Å². The number of ether oxygens (including phenoxy) is 3. The van der Waals surface area contributed by atoms with E-state index in [9.17, 15) is 24.9 Å². The zero-order valence-electron chi connectivity index (χ0n) is 21.8. The first-order chi connectivity index (χ1) is 17.1. The molecule has 10 heteroatoms. The normalized spacial score (nSPS) is 22.3. The number of hydrogen-bond donors (Lipinski definition) is 5. The molecule has 0 amide bonds. The second kappa shape index (κ2) is 14.4. The molecule has 1 aliphatic rings. The van der Waals surface area contributed by atoms with Gasteiger partial charge in [-0.25, -0.2) is 0 Å². The van der Waals surface area contributed by atoms with Crippen molar-refractivity contribution in [2.24, 2.45) is 5.41 Å². The quantitative estimate of drug-likeness (QED) is 0.234. The van der Waals surface area contributed by atoms with Gasteiger partial charge >= 0.3 is 11.9 Å². The van der Waals surface area contributed by atoms with E-state index in [-0.39, 0.29) is 18.7 Å². The van der Waals surface area contributed by atoms with Gasteiger partial charge in [0.2, 0.25) is 0 Å². The SMILES string of the molecule is CNCC(=O)O[C@H](C[C@@H](CCC[C@H](C)O)OC(C)=O)[C@@]1(Cc2ccc(O)c(OC)c2)CCN[C@@H](O)C1. The van der Waals surface area contributed by atoms with Crippen LogP contribution in [0.25, 0.3) is 0 Å². The molecule has 0 bridgehead atoms. The van der Waals surface area contributed by atoms with Crippen LogP contribution in [-0.2, 0) is 25.5 Å². The van der Waals surface area contributed by atoms with Crippen LogP contribution in [0.5, 0.6) is 11.5 Å². The Kier molecular flexibility index (Phi) is 11.9. The maximum atomic E-state index is 12.7. The molecule has 36 heavy (non-hydrogen) atoms. The Balaban J connectivity index is 2.42. The molecule has 204 valence electrons. The summed E-state index contributed by atoms with van der Waals surface area (Å²) in [5.74, 6) is -0.522. The summed E-state index contributed by atoms with van der Waals surface area (Å²) in [5.41, 5.74) is 0.185. The number of esters is 2. The van der Waals surface area contributed by atoms with Gasteiger partial charge in [0.15, 0.2) is 11.5 Å². The van der Waals surface area contributed by atoms with Gasteiger partial charge in [-0.3, -0.25) is 14.9 Å². The van der Waals surface area contributed by atoms with Crippen molar-refractivity contribution >= 4 is 11.9 Å². The zero-order chi connectivity index (χ0) is 26.7. The first kappa shape index (κ1) is 29.8. The summed E-state index contributed by atoms with van der Waals surface area (Å²) in [6.07, 6.45) is 0.874. The molecule has 1 aromatic carbocycles. The highest BCUT2D eigenvalue weighted by molar-refractivity contribution is 5.72. The lowest BCUT2D eigenvalue weighted by Gasteiger charge is -2.45. The van der Waals surface area contributed by atoms with Crippen LogP contribution in [0.1, 0.15) is 57.9 Å². The van der Waals surface area contributed by atoms with Crippen LogP contribution in [0.3, 0.4) is 0 Å². The van der Waals surface area contributed by atoms with Gasteiger partial charge in [-0.2, -0.15) is 0 Å². The number of piperidine rings is 1. The van der Waals surface area contributed by atoms with E-state index in [2.05, 4.69) is 10.6 Å². The maximum absolute atomic E-state index is 12.7. The zero-order valence-corrected chi connectivity index (χ0v) is 21.8. The predicted octanol–water partition coefficient (Wildman–Crippen LogP) is 1.64. The van der Waals surface area contributed by atoms with Crippen LogP contribution in [0.4, 0.5) is 0 Å². The van der Waals surface area contributed by atoms with Crippen molar-refractivity contribution in [1.29, 1.82) is 0 Å². The van der Waals surface area contributed by atoms with E-state index in [0.717, 1.165) is 5.56 Å². The third-order valence-electron chi connectivity index (χ3n) is 6.64. The second-order valence-electron chi connectivity index (χ2n) is 9.73. The van der Waals surface area contributed by atoms with Crippen LogP contribution < -0.4 is 15.4 Å². The minimum absolute atomic E-state index is 0.0146. The van der Waals surface area contributed by atoms with Crippen LogP contribution in [0.2, 0.25) is 0 Å². The van der Waals surface area contributed by atoms with Crippen LogP contribution in [0.15, 0.2) is 18.2 Å². The molecule has 1 aromatic rings. The average molecular weight is 511 g/mol. The maximum Gasteiger partial charge on any atom is 0.320 e. The number of phenols is 1. The lowest BCUT2D eigenvalue weighted by molar-refractivity contribution is -0.166. The summed E-state index contributed by atoms with van der Waals surface area (Å²) in [4.78, 5) is 24.5. The monoisotopic (exact) mass is 510 g/mol. The van der Waals surface area contributed by atoms with Crippen molar-refractivity contribution in [3.8, 4) is 11.5 Å². The summed E-state index contributed by atoms with van der Waals surface area (Å²) < 4.78 is 16.9. The van der Waals surface area contributed by atoms with E-state index in [0.29, 0.717) is 50.8 Å². The van der Waals surface area contributed by atoms with E-state index >= 15 is 0 Å². The molecule has 1 saturated heterocycles. The molecule has 5 N–H and O–H groups in total. The van der Waals surface area contributed by atoms with Crippen molar-refractivity contribution in [2.75, 3.05) is 27.2 Å². The van der Waals surface area contributed by atoms with Gasteiger partial charge in [0, 0.05) is 18.8 Å². The lowest BCUT2D eigenvalue weighted by atomic mass is 9.68. The number of hydrogen-bond acceptors (Lipinski definition) is 10. The lowest BCUT2D eigenvalue weighted by Crippen LogP contribution is -2.53. The van der Waals surface area contributed by atoms with E-state index in [4.69, 9.17) is 14.2 Å². The van der Waals surface area contributed by atoms with Gasteiger partial charge in [0.05, 0.1) is 19.8 Å². The molecule has 0 unspecified atom stereocenters. The number of carbonyl (C=O) groups excluding carboxylic acids is 2. The van der Waals surface area contributed by atoms with Gasteiger partial charge in [-0.05, 0) is 76.7 Å². The minimum Gasteiger partial charge on any atom is -0.504 e. The Morgan fingerprint density at radius 1 is 1.28 bits per heavy atom. The standard InChI is InChI=1S/C26H42N2O8/c1-17(29)6-5-7-20(35-18(2)30)13-23(36-25(33)16-27-3)26(10-11-28-24(32)15-26)14-19-8-9-21(31)22(12-19)34-4/h8-9,12,17,20,23-24,27-29,31-32H,5-7,10-11,13-16H2,1-4H3/t17-,20+,23+,24-,26+/m0/s1. The summed E-state index contributed by atoms with van der Waals surface area (Å²) >= 11 is 0. The Labute approximate surface area is 213 Å². The number of aromatic hydroxyl groups is 1. The molecule has 0 spiro atoms. The number of nitrogens with one attached hydrogen (secondary N) is 2. The minimum atomic E-state index is -0.800. The van der Waals surface area contributed by atoms with E-state index in [1.807, 2.05) is 0 Å². The Bertz CT molecular complexity index is 849. The van der Waals surface area contributed by atoms with E-state index in [1.54, 1.807) is 32.2 Å². The van der Waals surface area contributed by atoms with Gasteiger partial charge in [0.1, 0.15) is 18.4 Å². The fourth-order valence-corrected chi connectivity index (χ4v) is 4.96. The van der Waals surface area contributed by atoms with Crippen molar-refractivity contribution in [1.82, 2.24) is 10.6 Å². The highest BCUT2D eigenvalue weighted by Crippen LogP contribution is 2.43. The highest BCUT2D eigenvalue weighted by Gasteiger charge is 2.46.